The first-order valence-electron chi connectivity index (χ1n) is 10.1. The largest absolute Gasteiger partial charge is 0.385 e. The SMILES string of the molecule is CS(=O)(=O)C(c1cc(F)cc(F)c1)C1(O)CN(C(c2ccc(F)cc2)c2ccc(F)cc2)C1. The van der Waals surface area contributed by atoms with E-state index in [0.29, 0.717) is 17.2 Å². The van der Waals surface area contributed by atoms with E-state index in [9.17, 15) is 31.1 Å². The molecule has 0 spiro atoms. The number of likely N-dealkylation sites (tertiary alicyclic amines) is 1. The summed E-state index contributed by atoms with van der Waals surface area (Å²) in [4.78, 5) is 1.74. The van der Waals surface area contributed by atoms with Crippen molar-refractivity contribution in [1.29, 1.82) is 0 Å². The third-order valence-corrected chi connectivity index (χ3v) is 7.36. The summed E-state index contributed by atoms with van der Waals surface area (Å²) in [6.07, 6.45) is 0.901. The van der Waals surface area contributed by atoms with E-state index < -0.39 is 50.0 Å². The molecule has 1 fully saturated rings. The normalized spacial score (nSPS) is 17.1. The number of aliphatic hydroxyl groups is 1. The van der Waals surface area contributed by atoms with Gasteiger partial charge >= 0.3 is 0 Å². The summed E-state index contributed by atoms with van der Waals surface area (Å²) in [6.45, 7) is -0.301. The summed E-state index contributed by atoms with van der Waals surface area (Å²) in [6, 6.07) is 13.2. The first kappa shape index (κ1) is 23.4. The number of β-amino-alcohol motifs (C(OH)–C–C–N with tert-alkyl or cyclic N) is 1. The molecule has 1 aliphatic rings. The van der Waals surface area contributed by atoms with Crippen molar-refractivity contribution in [2.75, 3.05) is 19.3 Å². The topological polar surface area (TPSA) is 57.6 Å². The minimum absolute atomic E-state index is 0.151. The number of rotatable bonds is 6. The smallest absolute Gasteiger partial charge is 0.157 e. The van der Waals surface area contributed by atoms with Crippen LogP contribution >= 0.6 is 0 Å². The Hall–Kier alpha value is -2.75. The van der Waals surface area contributed by atoms with Gasteiger partial charge < -0.3 is 5.11 Å². The molecule has 4 rings (SSSR count). The molecule has 0 saturated carbocycles. The fraction of sp³-hybridized carbons (Fsp3) is 0.250. The van der Waals surface area contributed by atoms with E-state index in [0.717, 1.165) is 18.4 Å². The summed E-state index contributed by atoms with van der Waals surface area (Å²) in [5.74, 6) is -2.79. The quantitative estimate of drug-likeness (QED) is 0.540. The molecule has 3 aromatic carbocycles. The number of halogens is 4. The molecule has 1 saturated heterocycles. The van der Waals surface area contributed by atoms with Crippen LogP contribution in [0, 0.1) is 23.3 Å². The second-order valence-corrected chi connectivity index (χ2v) is 10.6. The molecule has 1 N–H and O–H groups in total. The highest BCUT2D eigenvalue weighted by Crippen LogP contribution is 2.44. The van der Waals surface area contributed by atoms with Gasteiger partial charge in [0, 0.05) is 25.4 Å². The van der Waals surface area contributed by atoms with Gasteiger partial charge in [-0.3, -0.25) is 4.90 Å². The predicted octanol–water partition coefficient (Wildman–Crippen LogP) is 4.17. The van der Waals surface area contributed by atoms with Crippen molar-refractivity contribution >= 4 is 9.84 Å². The van der Waals surface area contributed by atoms with Gasteiger partial charge in [-0.2, -0.15) is 0 Å². The Labute approximate surface area is 189 Å². The molecule has 33 heavy (non-hydrogen) atoms. The second-order valence-electron chi connectivity index (χ2n) is 8.43. The number of hydrogen-bond acceptors (Lipinski definition) is 4. The molecule has 1 atom stereocenters. The first-order valence-corrected chi connectivity index (χ1v) is 12.0. The summed E-state index contributed by atoms with van der Waals surface area (Å²) < 4.78 is 79.7. The van der Waals surface area contributed by atoms with E-state index in [1.165, 1.54) is 24.3 Å². The van der Waals surface area contributed by atoms with Crippen molar-refractivity contribution in [2.24, 2.45) is 0 Å². The van der Waals surface area contributed by atoms with Crippen molar-refractivity contribution in [3.63, 3.8) is 0 Å². The lowest BCUT2D eigenvalue weighted by molar-refractivity contribution is -0.112. The summed E-state index contributed by atoms with van der Waals surface area (Å²) >= 11 is 0. The molecular weight excluding hydrogens is 458 g/mol. The maximum Gasteiger partial charge on any atom is 0.157 e. The summed E-state index contributed by atoms with van der Waals surface area (Å²) in [5.41, 5.74) is -0.709. The van der Waals surface area contributed by atoms with E-state index >= 15 is 0 Å². The average molecular weight is 479 g/mol. The minimum atomic E-state index is -3.97. The monoisotopic (exact) mass is 479 g/mol. The van der Waals surface area contributed by atoms with Gasteiger partial charge in [0.1, 0.15) is 34.1 Å². The lowest BCUT2D eigenvalue weighted by Gasteiger charge is -2.53. The molecule has 4 nitrogen and oxygen atoms in total. The Bertz CT molecular complexity index is 1190. The van der Waals surface area contributed by atoms with Gasteiger partial charge in [0.05, 0.1) is 6.04 Å². The molecule has 0 aliphatic carbocycles. The lowest BCUT2D eigenvalue weighted by atomic mass is 9.82. The maximum absolute atomic E-state index is 13.8. The number of nitrogens with zero attached hydrogens (tertiary/aromatic N) is 1. The van der Waals surface area contributed by atoms with Gasteiger partial charge in [0.25, 0.3) is 0 Å². The molecule has 3 aromatic rings. The molecule has 0 aromatic heterocycles. The van der Waals surface area contributed by atoms with Crippen molar-refractivity contribution in [3.05, 3.63) is 107 Å². The lowest BCUT2D eigenvalue weighted by Crippen LogP contribution is -2.66. The minimum Gasteiger partial charge on any atom is -0.385 e. The molecule has 174 valence electrons. The van der Waals surface area contributed by atoms with Gasteiger partial charge in [-0.15, -0.1) is 0 Å². The molecule has 0 radical (unpaired) electrons. The summed E-state index contributed by atoms with van der Waals surface area (Å²) in [7, 11) is -3.97. The highest BCUT2D eigenvalue weighted by molar-refractivity contribution is 7.91. The van der Waals surface area contributed by atoms with Gasteiger partial charge in [0.2, 0.25) is 0 Å². The molecule has 0 bridgehead atoms. The Balaban J connectivity index is 1.70. The fourth-order valence-corrected chi connectivity index (χ4v) is 6.17. The zero-order valence-corrected chi connectivity index (χ0v) is 18.4. The molecule has 1 unspecified atom stereocenters. The predicted molar refractivity (Wildman–Crippen MR) is 115 cm³/mol. The van der Waals surface area contributed by atoms with Crippen LogP contribution in [0.1, 0.15) is 28.0 Å². The van der Waals surface area contributed by atoms with Crippen LogP contribution in [0.25, 0.3) is 0 Å². The Morgan fingerprint density at radius 2 is 1.18 bits per heavy atom. The van der Waals surface area contributed by atoms with Crippen LogP contribution in [-0.2, 0) is 9.84 Å². The highest BCUT2D eigenvalue weighted by atomic mass is 32.2. The van der Waals surface area contributed by atoms with Crippen LogP contribution < -0.4 is 0 Å². The molecule has 1 heterocycles. The van der Waals surface area contributed by atoms with E-state index in [-0.39, 0.29) is 18.7 Å². The Morgan fingerprint density at radius 3 is 1.58 bits per heavy atom. The highest BCUT2D eigenvalue weighted by Gasteiger charge is 2.54. The molecule has 0 amide bonds. The average Bonchev–Trinajstić information content (AvgIpc) is 2.68. The Morgan fingerprint density at radius 1 is 0.758 bits per heavy atom. The zero-order valence-electron chi connectivity index (χ0n) is 17.6. The third-order valence-electron chi connectivity index (χ3n) is 5.79. The second kappa shape index (κ2) is 8.55. The van der Waals surface area contributed by atoms with E-state index in [2.05, 4.69) is 0 Å². The fourth-order valence-electron chi connectivity index (χ4n) is 4.59. The van der Waals surface area contributed by atoms with Crippen molar-refractivity contribution in [1.82, 2.24) is 4.90 Å². The third kappa shape index (κ3) is 4.80. The van der Waals surface area contributed by atoms with Crippen LogP contribution in [0.15, 0.2) is 66.7 Å². The molecular formula is C24H21F4NO3S. The Kier molecular flexibility index (Phi) is 6.07. The zero-order chi connectivity index (χ0) is 24.0. The van der Waals surface area contributed by atoms with Crippen molar-refractivity contribution in [2.45, 2.75) is 16.9 Å². The number of hydrogen-bond donors (Lipinski definition) is 1. The van der Waals surface area contributed by atoms with E-state index in [4.69, 9.17) is 0 Å². The van der Waals surface area contributed by atoms with Gasteiger partial charge in [-0.25, -0.2) is 26.0 Å². The summed E-state index contributed by atoms with van der Waals surface area (Å²) in [5, 5.41) is 9.69. The van der Waals surface area contributed by atoms with Crippen LogP contribution in [0.5, 0.6) is 0 Å². The van der Waals surface area contributed by atoms with Gasteiger partial charge in [-0.1, -0.05) is 24.3 Å². The number of sulfone groups is 1. The van der Waals surface area contributed by atoms with Crippen LogP contribution in [0.4, 0.5) is 17.6 Å². The van der Waals surface area contributed by atoms with Crippen LogP contribution in [0.3, 0.4) is 0 Å². The van der Waals surface area contributed by atoms with Gasteiger partial charge in [0.15, 0.2) is 9.84 Å². The number of benzene rings is 3. The maximum atomic E-state index is 13.8. The van der Waals surface area contributed by atoms with E-state index in [1.54, 1.807) is 29.2 Å². The van der Waals surface area contributed by atoms with E-state index in [1.807, 2.05) is 0 Å². The van der Waals surface area contributed by atoms with Gasteiger partial charge in [-0.05, 0) is 53.1 Å². The molecule has 1 aliphatic heterocycles. The first-order chi connectivity index (χ1) is 15.5. The molecule has 9 heteroatoms. The van der Waals surface area contributed by atoms with Crippen molar-refractivity contribution < 1.29 is 31.1 Å². The standard InChI is InChI=1S/C24H21F4NO3S/c1-33(31,32)23(17-10-20(27)12-21(28)11-17)24(30)13-29(14-24)22(15-2-6-18(25)7-3-15)16-4-8-19(26)9-5-16/h2-12,22-23,30H,13-14H2,1H3. The van der Waals surface area contributed by atoms with Crippen molar-refractivity contribution in [3.8, 4) is 0 Å². The van der Waals surface area contributed by atoms with Crippen LogP contribution in [0.2, 0.25) is 0 Å². The van der Waals surface area contributed by atoms with Crippen LogP contribution in [-0.4, -0.2) is 43.4 Å².